The summed E-state index contributed by atoms with van der Waals surface area (Å²) in [5.74, 6) is 0.654. The lowest BCUT2D eigenvalue weighted by atomic mass is 9.95. The zero-order chi connectivity index (χ0) is 9.40. The molecule has 0 unspecified atom stereocenters. The highest BCUT2D eigenvalue weighted by Gasteiger charge is 2.04. The Hall–Kier alpha value is -0.560. The van der Waals surface area contributed by atoms with E-state index in [1.807, 2.05) is 13.1 Å². The van der Waals surface area contributed by atoms with Gasteiger partial charge in [-0.2, -0.15) is 0 Å². The third-order valence-electron chi connectivity index (χ3n) is 2.19. The van der Waals surface area contributed by atoms with Gasteiger partial charge in [0.15, 0.2) is 0 Å². The van der Waals surface area contributed by atoms with Crippen molar-refractivity contribution in [1.29, 1.82) is 0 Å². The summed E-state index contributed by atoms with van der Waals surface area (Å²) >= 11 is 0. The molecule has 70 valence electrons. The molecule has 0 saturated heterocycles. The molecule has 1 N–H and O–H groups in total. The van der Waals surface area contributed by atoms with Gasteiger partial charge in [0.25, 0.3) is 0 Å². The Balaban J connectivity index is 3.88. The maximum absolute atomic E-state index is 3.75. The van der Waals surface area contributed by atoms with Gasteiger partial charge in [0.1, 0.15) is 0 Å². The molecule has 0 aromatic heterocycles. The minimum atomic E-state index is 0.654. The van der Waals surface area contributed by atoms with Crippen LogP contribution in [-0.2, 0) is 0 Å². The molecule has 0 aliphatic heterocycles. The number of hydrogen-bond acceptors (Lipinski definition) is 1. The molecule has 0 aromatic carbocycles. The molecule has 0 spiro atoms. The van der Waals surface area contributed by atoms with Gasteiger partial charge in [-0.05, 0) is 39.3 Å². The first-order valence-corrected chi connectivity index (χ1v) is 4.66. The minimum Gasteiger partial charge on any atom is -0.319 e. The second-order valence-electron chi connectivity index (χ2n) is 3.14. The summed E-state index contributed by atoms with van der Waals surface area (Å²) in [5.41, 5.74) is 1.53. The number of allylic oxidation sites excluding steroid dienone is 2. The van der Waals surface area contributed by atoms with Crippen LogP contribution >= 0.6 is 0 Å². The van der Waals surface area contributed by atoms with Crippen molar-refractivity contribution in [3.05, 3.63) is 24.3 Å². The van der Waals surface area contributed by atoms with Crippen molar-refractivity contribution < 1.29 is 0 Å². The van der Waals surface area contributed by atoms with Gasteiger partial charge >= 0.3 is 0 Å². The van der Waals surface area contributed by atoms with Crippen molar-refractivity contribution in [2.45, 2.75) is 26.7 Å². The Kier molecular flexibility index (Phi) is 6.78. The number of rotatable bonds is 6. The van der Waals surface area contributed by atoms with Gasteiger partial charge in [-0.15, -0.1) is 6.58 Å². The molecular formula is C11H21N. The third-order valence-corrected chi connectivity index (χ3v) is 2.19. The molecule has 0 rings (SSSR count). The number of hydrogen-bond donors (Lipinski definition) is 1. The number of nitrogens with one attached hydrogen (secondary N) is 1. The van der Waals surface area contributed by atoms with Crippen LogP contribution in [0.25, 0.3) is 0 Å². The molecule has 1 nitrogen and oxygen atoms in total. The van der Waals surface area contributed by atoms with Crippen LogP contribution in [0.5, 0.6) is 0 Å². The highest BCUT2D eigenvalue weighted by Crippen LogP contribution is 2.17. The predicted molar refractivity (Wildman–Crippen MR) is 56.3 cm³/mol. The molecule has 0 aliphatic rings. The van der Waals surface area contributed by atoms with Crippen molar-refractivity contribution in [2.75, 3.05) is 13.6 Å². The van der Waals surface area contributed by atoms with E-state index in [4.69, 9.17) is 0 Å². The van der Waals surface area contributed by atoms with Gasteiger partial charge in [-0.3, -0.25) is 0 Å². The van der Waals surface area contributed by atoms with Crippen molar-refractivity contribution >= 4 is 0 Å². The third kappa shape index (κ3) is 4.35. The average Bonchev–Trinajstić information content (AvgIpc) is 2.06. The summed E-state index contributed by atoms with van der Waals surface area (Å²) in [6, 6.07) is 0. The van der Waals surface area contributed by atoms with Crippen molar-refractivity contribution in [2.24, 2.45) is 5.92 Å². The predicted octanol–water partition coefficient (Wildman–Crippen LogP) is 2.75. The highest BCUT2D eigenvalue weighted by atomic mass is 14.8. The second-order valence-corrected chi connectivity index (χ2v) is 3.14. The summed E-state index contributed by atoms with van der Waals surface area (Å²) < 4.78 is 0. The van der Waals surface area contributed by atoms with E-state index >= 15 is 0 Å². The fourth-order valence-corrected chi connectivity index (χ4v) is 1.35. The summed E-state index contributed by atoms with van der Waals surface area (Å²) in [5, 5.41) is 3.16. The Morgan fingerprint density at radius 1 is 1.58 bits per heavy atom. The van der Waals surface area contributed by atoms with Gasteiger partial charge in [-0.1, -0.05) is 24.6 Å². The molecule has 0 aromatic rings. The topological polar surface area (TPSA) is 12.0 Å². The summed E-state index contributed by atoms with van der Waals surface area (Å²) in [6.07, 6.45) is 6.46. The van der Waals surface area contributed by atoms with E-state index < -0.39 is 0 Å². The Bertz CT molecular complexity index is 147. The van der Waals surface area contributed by atoms with E-state index in [2.05, 4.69) is 31.8 Å². The SMILES string of the molecule is C=CC[C@H](C)/C(=C\C)CCNC. The van der Waals surface area contributed by atoms with Crippen LogP contribution in [0, 0.1) is 5.92 Å². The molecule has 1 heteroatoms. The molecule has 0 heterocycles. The van der Waals surface area contributed by atoms with Crippen LogP contribution < -0.4 is 5.32 Å². The Labute approximate surface area is 76.6 Å². The first-order chi connectivity index (χ1) is 5.76. The fraction of sp³-hybridized carbons (Fsp3) is 0.636. The van der Waals surface area contributed by atoms with Crippen LogP contribution in [-0.4, -0.2) is 13.6 Å². The molecular weight excluding hydrogens is 146 g/mol. The molecule has 0 saturated carbocycles. The van der Waals surface area contributed by atoms with Crippen LogP contribution in [0.15, 0.2) is 24.3 Å². The van der Waals surface area contributed by atoms with Gasteiger partial charge in [0, 0.05) is 0 Å². The van der Waals surface area contributed by atoms with Crippen LogP contribution in [0.4, 0.5) is 0 Å². The summed E-state index contributed by atoms with van der Waals surface area (Å²) in [7, 11) is 1.99. The van der Waals surface area contributed by atoms with Crippen LogP contribution in [0.2, 0.25) is 0 Å². The van der Waals surface area contributed by atoms with Crippen LogP contribution in [0.1, 0.15) is 26.7 Å². The van der Waals surface area contributed by atoms with Crippen molar-refractivity contribution in [1.82, 2.24) is 5.32 Å². The Morgan fingerprint density at radius 3 is 2.67 bits per heavy atom. The monoisotopic (exact) mass is 167 g/mol. The maximum atomic E-state index is 3.75. The molecule has 0 fully saturated rings. The normalized spacial score (nSPS) is 14.4. The lowest BCUT2D eigenvalue weighted by molar-refractivity contribution is 0.637. The molecule has 0 radical (unpaired) electrons. The van der Waals surface area contributed by atoms with E-state index in [9.17, 15) is 0 Å². The van der Waals surface area contributed by atoms with E-state index in [0.29, 0.717) is 5.92 Å². The molecule has 0 aliphatic carbocycles. The van der Waals surface area contributed by atoms with Gasteiger partial charge in [0.2, 0.25) is 0 Å². The molecule has 0 amide bonds. The lowest BCUT2D eigenvalue weighted by Gasteiger charge is -2.13. The zero-order valence-corrected chi connectivity index (χ0v) is 8.56. The van der Waals surface area contributed by atoms with E-state index in [1.54, 1.807) is 0 Å². The molecule has 0 bridgehead atoms. The van der Waals surface area contributed by atoms with E-state index in [0.717, 1.165) is 19.4 Å². The highest BCUT2D eigenvalue weighted by molar-refractivity contribution is 5.06. The Morgan fingerprint density at radius 2 is 2.25 bits per heavy atom. The van der Waals surface area contributed by atoms with E-state index in [1.165, 1.54) is 5.57 Å². The first kappa shape index (κ1) is 11.4. The maximum Gasteiger partial charge on any atom is -0.00145 e. The van der Waals surface area contributed by atoms with Gasteiger partial charge in [-0.25, -0.2) is 0 Å². The summed E-state index contributed by atoms with van der Waals surface area (Å²) in [4.78, 5) is 0. The quantitative estimate of drug-likeness (QED) is 0.600. The smallest absolute Gasteiger partial charge is 0.00145 e. The average molecular weight is 167 g/mol. The standard InChI is InChI=1S/C11H21N/c1-5-7-10(3)11(6-2)8-9-12-4/h5-6,10,12H,1,7-9H2,2-4H3/b11-6-/t10-/m0/s1. The lowest BCUT2D eigenvalue weighted by Crippen LogP contribution is -2.11. The van der Waals surface area contributed by atoms with Crippen molar-refractivity contribution in [3.63, 3.8) is 0 Å². The van der Waals surface area contributed by atoms with Gasteiger partial charge in [0.05, 0.1) is 0 Å². The van der Waals surface area contributed by atoms with Gasteiger partial charge < -0.3 is 5.32 Å². The molecule has 12 heavy (non-hydrogen) atoms. The van der Waals surface area contributed by atoms with Crippen molar-refractivity contribution in [3.8, 4) is 0 Å². The minimum absolute atomic E-state index is 0.654. The summed E-state index contributed by atoms with van der Waals surface area (Å²) in [6.45, 7) is 9.20. The first-order valence-electron chi connectivity index (χ1n) is 4.66. The zero-order valence-electron chi connectivity index (χ0n) is 8.56. The largest absolute Gasteiger partial charge is 0.319 e. The second kappa shape index (κ2) is 7.11. The van der Waals surface area contributed by atoms with Crippen LogP contribution in [0.3, 0.4) is 0 Å². The van der Waals surface area contributed by atoms with E-state index in [-0.39, 0.29) is 0 Å². The fourth-order valence-electron chi connectivity index (χ4n) is 1.35. The molecule has 1 atom stereocenters.